The smallest absolute Gasteiger partial charge is 0.394 e. The van der Waals surface area contributed by atoms with Crippen LogP contribution >= 0.6 is 11.6 Å². The van der Waals surface area contributed by atoms with Gasteiger partial charge in [0, 0.05) is 30.2 Å². The minimum Gasteiger partial charge on any atom is -0.493 e. The molecule has 202 valence electrons. The van der Waals surface area contributed by atoms with Crippen molar-refractivity contribution in [2.45, 2.75) is 24.3 Å². The van der Waals surface area contributed by atoms with Crippen LogP contribution in [0.15, 0.2) is 71.6 Å². The Kier molecular flexibility index (Phi) is 9.29. The molecule has 0 heterocycles. The lowest BCUT2D eigenvalue weighted by Crippen LogP contribution is -2.35. The third kappa shape index (κ3) is 6.59. The predicted octanol–water partition coefficient (Wildman–Crippen LogP) is 4.89. The molecular weight excluding hydrogens is 542 g/mol. The molecule has 1 amide bonds. The summed E-state index contributed by atoms with van der Waals surface area (Å²) in [5, 5.41) is 9.10. The summed E-state index contributed by atoms with van der Waals surface area (Å²) in [6.45, 7) is 1.69. The van der Waals surface area contributed by atoms with Crippen LogP contribution < -0.4 is 9.04 Å². The van der Waals surface area contributed by atoms with Crippen LogP contribution in [0.2, 0.25) is 5.02 Å². The molecule has 0 saturated carbocycles. The van der Waals surface area contributed by atoms with Crippen LogP contribution in [-0.2, 0) is 19.6 Å². The van der Waals surface area contributed by atoms with E-state index in [0.717, 1.165) is 27.4 Å². The van der Waals surface area contributed by atoms with E-state index in [2.05, 4.69) is 0 Å². The largest absolute Gasteiger partial charge is 0.493 e. The molecule has 38 heavy (non-hydrogen) atoms. The van der Waals surface area contributed by atoms with Gasteiger partial charge in [-0.1, -0.05) is 29.8 Å². The standard InChI is InChI=1S/C26H25ClF2N2O6S/c1-17(21-6-3-4-7-24(21)37-15-5-14-30(2)25(32)26(33)34)31(23-16-19(28)10-13-22(23)29)38(35,36)20-11-8-18(27)9-12-20/h3-4,6-13,16-17H,5,14-15H2,1-2H3,(H,33,34). The quantitative estimate of drug-likeness (QED) is 0.277. The van der Waals surface area contributed by atoms with Crippen molar-refractivity contribution in [2.24, 2.45) is 0 Å². The molecule has 0 aliphatic heterocycles. The molecule has 0 fully saturated rings. The Bertz CT molecular complexity index is 1420. The zero-order valence-corrected chi connectivity index (χ0v) is 22.0. The van der Waals surface area contributed by atoms with E-state index in [9.17, 15) is 26.8 Å². The molecule has 12 heteroatoms. The number of hydrogen-bond acceptors (Lipinski definition) is 5. The van der Waals surface area contributed by atoms with Gasteiger partial charge >= 0.3 is 11.9 Å². The van der Waals surface area contributed by atoms with Gasteiger partial charge in [-0.05, 0) is 55.8 Å². The van der Waals surface area contributed by atoms with E-state index in [-0.39, 0.29) is 30.2 Å². The van der Waals surface area contributed by atoms with Gasteiger partial charge < -0.3 is 14.7 Å². The molecule has 3 aromatic carbocycles. The second kappa shape index (κ2) is 12.2. The molecule has 3 rings (SSSR count). The van der Waals surface area contributed by atoms with Crippen molar-refractivity contribution < 1.29 is 36.6 Å². The minimum atomic E-state index is -4.42. The number of carboxylic acids is 1. The van der Waals surface area contributed by atoms with Crippen molar-refractivity contribution in [3.8, 4) is 5.75 Å². The van der Waals surface area contributed by atoms with Gasteiger partial charge in [0.25, 0.3) is 10.0 Å². The van der Waals surface area contributed by atoms with E-state index in [1.807, 2.05) is 0 Å². The van der Waals surface area contributed by atoms with Crippen molar-refractivity contribution in [1.82, 2.24) is 4.90 Å². The molecule has 0 bridgehead atoms. The van der Waals surface area contributed by atoms with E-state index in [1.165, 1.54) is 38.2 Å². The first kappa shape index (κ1) is 28.9. The SMILES string of the molecule is CC(c1ccccc1OCCCN(C)C(=O)C(=O)O)N(c1cc(F)ccc1F)S(=O)(=O)c1ccc(Cl)cc1. The first-order chi connectivity index (χ1) is 17.9. The maximum Gasteiger partial charge on any atom is 0.394 e. The van der Waals surface area contributed by atoms with E-state index >= 15 is 0 Å². The highest BCUT2D eigenvalue weighted by Gasteiger charge is 2.34. The molecule has 3 aromatic rings. The summed E-state index contributed by atoms with van der Waals surface area (Å²) < 4.78 is 63.3. The van der Waals surface area contributed by atoms with E-state index < -0.39 is 45.3 Å². The van der Waals surface area contributed by atoms with E-state index in [4.69, 9.17) is 21.4 Å². The first-order valence-electron chi connectivity index (χ1n) is 11.4. The van der Waals surface area contributed by atoms with Gasteiger partial charge in [0.2, 0.25) is 0 Å². The maximum atomic E-state index is 15.0. The van der Waals surface area contributed by atoms with E-state index in [0.29, 0.717) is 10.6 Å². The monoisotopic (exact) mass is 566 g/mol. The van der Waals surface area contributed by atoms with Crippen LogP contribution in [0.1, 0.15) is 24.9 Å². The number of nitrogens with zero attached hydrogens (tertiary/aromatic N) is 2. The fraction of sp³-hybridized carbons (Fsp3) is 0.231. The average molecular weight is 567 g/mol. The number of anilines is 1. The number of para-hydroxylation sites is 1. The van der Waals surface area contributed by atoms with Crippen LogP contribution in [0.5, 0.6) is 5.75 Å². The van der Waals surface area contributed by atoms with Gasteiger partial charge in [0.15, 0.2) is 0 Å². The summed E-state index contributed by atoms with van der Waals surface area (Å²) in [6.07, 6.45) is 0.281. The first-order valence-corrected chi connectivity index (χ1v) is 13.2. The molecule has 0 aromatic heterocycles. The average Bonchev–Trinajstić information content (AvgIpc) is 2.88. The van der Waals surface area contributed by atoms with Crippen LogP contribution in [0.3, 0.4) is 0 Å². The molecule has 1 atom stereocenters. The van der Waals surface area contributed by atoms with Crippen molar-refractivity contribution in [1.29, 1.82) is 0 Å². The molecule has 8 nitrogen and oxygen atoms in total. The second-order valence-electron chi connectivity index (χ2n) is 8.30. The van der Waals surface area contributed by atoms with E-state index in [1.54, 1.807) is 24.3 Å². The van der Waals surface area contributed by atoms with Gasteiger partial charge in [-0.15, -0.1) is 0 Å². The van der Waals surface area contributed by atoms with Gasteiger partial charge in [0.1, 0.15) is 17.4 Å². The summed E-state index contributed by atoms with van der Waals surface area (Å²) >= 11 is 5.91. The number of amides is 1. The van der Waals surface area contributed by atoms with Gasteiger partial charge in [-0.25, -0.2) is 22.0 Å². The fourth-order valence-corrected chi connectivity index (χ4v) is 5.52. The maximum absolute atomic E-state index is 15.0. The number of carbonyl (C=O) groups is 2. The zero-order chi connectivity index (χ0) is 28.0. The Morgan fingerprint density at radius 1 is 1.05 bits per heavy atom. The lowest BCUT2D eigenvalue weighted by molar-refractivity contribution is -0.155. The fourth-order valence-electron chi connectivity index (χ4n) is 3.75. The number of ether oxygens (including phenoxy) is 1. The molecule has 1 N–H and O–H groups in total. The molecule has 1 unspecified atom stereocenters. The summed E-state index contributed by atoms with van der Waals surface area (Å²) in [5.41, 5.74) is -0.125. The number of likely N-dealkylation sites (N-methyl/N-ethyl adjacent to an activating group) is 1. The Balaban J connectivity index is 1.96. The van der Waals surface area contributed by atoms with Gasteiger partial charge in [-0.2, -0.15) is 0 Å². The Labute approximate surface area is 224 Å². The zero-order valence-electron chi connectivity index (χ0n) is 20.5. The number of sulfonamides is 1. The molecule has 0 aliphatic carbocycles. The lowest BCUT2D eigenvalue weighted by atomic mass is 10.1. The number of carbonyl (C=O) groups excluding carboxylic acids is 1. The Hall–Kier alpha value is -3.70. The van der Waals surface area contributed by atoms with Crippen LogP contribution in [0.25, 0.3) is 0 Å². The number of rotatable bonds is 10. The van der Waals surface area contributed by atoms with Crippen molar-refractivity contribution in [2.75, 3.05) is 24.5 Å². The van der Waals surface area contributed by atoms with Gasteiger partial charge in [0.05, 0.1) is 23.2 Å². The second-order valence-corrected chi connectivity index (χ2v) is 10.5. The van der Waals surface area contributed by atoms with Crippen molar-refractivity contribution in [3.63, 3.8) is 0 Å². The molecule has 0 saturated heterocycles. The van der Waals surface area contributed by atoms with Crippen molar-refractivity contribution in [3.05, 3.63) is 89.0 Å². The number of halogens is 3. The highest BCUT2D eigenvalue weighted by atomic mass is 35.5. The highest BCUT2D eigenvalue weighted by molar-refractivity contribution is 7.92. The molecular formula is C26H25ClF2N2O6S. The number of benzene rings is 3. The summed E-state index contributed by atoms with van der Waals surface area (Å²) in [6, 6.07) is 13.3. The van der Waals surface area contributed by atoms with Crippen LogP contribution in [0, 0.1) is 11.6 Å². The van der Waals surface area contributed by atoms with Crippen molar-refractivity contribution >= 4 is 39.2 Å². The Morgan fingerprint density at radius 2 is 1.71 bits per heavy atom. The number of hydrogen-bond donors (Lipinski definition) is 1. The third-order valence-electron chi connectivity index (χ3n) is 5.66. The molecule has 0 spiro atoms. The van der Waals surface area contributed by atoms with Crippen LogP contribution in [-0.4, -0.2) is 50.5 Å². The summed E-state index contributed by atoms with van der Waals surface area (Å²) in [4.78, 5) is 23.2. The third-order valence-corrected chi connectivity index (χ3v) is 7.81. The normalized spacial score (nSPS) is 12.0. The minimum absolute atomic E-state index is 0.0687. The lowest BCUT2D eigenvalue weighted by Gasteiger charge is -2.32. The predicted molar refractivity (Wildman–Crippen MR) is 138 cm³/mol. The topological polar surface area (TPSA) is 104 Å². The Morgan fingerprint density at radius 3 is 2.37 bits per heavy atom. The highest BCUT2D eigenvalue weighted by Crippen LogP contribution is 2.38. The summed E-state index contributed by atoms with van der Waals surface area (Å²) in [5.74, 6) is -4.12. The summed E-state index contributed by atoms with van der Waals surface area (Å²) in [7, 11) is -3.07. The molecule has 0 aliphatic rings. The van der Waals surface area contributed by atoms with Gasteiger partial charge in [-0.3, -0.25) is 9.10 Å². The number of carboxylic acid groups (broad SMARTS) is 1. The molecule has 0 radical (unpaired) electrons. The van der Waals surface area contributed by atoms with Crippen LogP contribution in [0.4, 0.5) is 14.5 Å². The number of aliphatic carboxylic acids is 1.